The van der Waals surface area contributed by atoms with Crippen LogP contribution in [0.1, 0.15) is 16.9 Å². The highest BCUT2D eigenvalue weighted by Gasteiger charge is 2.12. The van der Waals surface area contributed by atoms with Gasteiger partial charge in [0.05, 0.1) is 0 Å². The Morgan fingerprint density at radius 3 is 2.71 bits per heavy atom. The number of nitrogens with one attached hydrogen (secondary N) is 2. The third kappa shape index (κ3) is 5.31. The normalized spacial score (nSPS) is 14.5. The van der Waals surface area contributed by atoms with Gasteiger partial charge in [0, 0.05) is 44.3 Å². The van der Waals surface area contributed by atoms with E-state index in [1.54, 1.807) is 6.20 Å². The molecule has 1 amide bonds. The van der Waals surface area contributed by atoms with Gasteiger partial charge in [-0.2, -0.15) is 0 Å². The van der Waals surface area contributed by atoms with Crippen LogP contribution in [0.5, 0.6) is 0 Å². The molecule has 7 heteroatoms. The fraction of sp³-hybridized carbons (Fsp3) is 0.412. The van der Waals surface area contributed by atoms with Crippen molar-refractivity contribution in [2.24, 2.45) is 0 Å². The van der Waals surface area contributed by atoms with Gasteiger partial charge in [-0.05, 0) is 24.4 Å². The molecule has 0 atom stereocenters. The molecule has 5 nitrogen and oxygen atoms in total. The Morgan fingerprint density at radius 1 is 1.17 bits per heavy atom. The van der Waals surface area contributed by atoms with Crippen molar-refractivity contribution in [1.29, 1.82) is 0 Å². The Bertz CT molecular complexity index is 642. The van der Waals surface area contributed by atoms with Crippen molar-refractivity contribution in [2.45, 2.75) is 6.42 Å². The first-order valence-electron chi connectivity index (χ1n) is 7.89. The standard InChI is InChI=1S/C17H22N4O.2ClH/c22-17(20-7-3-11-21-12-9-18-10-13-21)16-15-5-2-1-4-14(15)6-8-19-16;;/h1-2,4-6,8,18H,3,7,9-13H2,(H,20,22);2*1H. The van der Waals surface area contributed by atoms with Gasteiger partial charge in [0.2, 0.25) is 0 Å². The summed E-state index contributed by atoms with van der Waals surface area (Å²) in [6.45, 7) is 6.04. The summed E-state index contributed by atoms with van der Waals surface area (Å²) in [4.78, 5) is 19.0. The number of hydrogen-bond acceptors (Lipinski definition) is 4. The third-order valence-electron chi connectivity index (χ3n) is 4.04. The number of amides is 1. The molecule has 0 unspecified atom stereocenters. The lowest BCUT2D eigenvalue weighted by Gasteiger charge is -2.27. The summed E-state index contributed by atoms with van der Waals surface area (Å²) in [5, 5.41) is 8.28. The Labute approximate surface area is 155 Å². The zero-order valence-corrected chi connectivity index (χ0v) is 15.2. The van der Waals surface area contributed by atoms with E-state index in [2.05, 4.69) is 20.5 Å². The molecule has 1 aromatic heterocycles. The molecular weight excluding hydrogens is 347 g/mol. The van der Waals surface area contributed by atoms with E-state index in [9.17, 15) is 4.79 Å². The van der Waals surface area contributed by atoms with Crippen molar-refractivity contribution in [3.8, 4) is 0 Å². The number of fused-ring (bicyclic) bond motifs is 1. The van der Waals surface area contributed by atoms with E-state index in [1.165, 1.54) is 0 Å². The minimum Gasteiger partial charge on any atom is -0.351 e. The number of pyridine rings is 1. The minimum atomic E-state index is -0.0860. The fourth-order valence-electron chi connectivity index (χ4n) is 2.82. The smallest absolute Gasteiger partial charge is 0.270 e. The summed E-state index contributed by atoms with van der Waals surface area (Å²) in [7, 11) is 0. The van der Waals surface area contributed by atoms with E-state index >= 15 is 0 Å². The molecule has 0 saturated carbocycles. The highest BCUT2D eigenvalue weighted by Crippen LogP contribution is 2.15. The van der Waals surface area contributed by atoms with Crippen LogP contribution in [0.25, 0.3) is 10.8 Å². The third-order valence-corrected chi connectivity index (χ3v) is 4.04. The molecule has 3 rings (SSSR count). The van der Waals surface area contributed by atoms with Crippen LogP contribution in [0.15, 0.2) is 36.5 Å². The van der Waals surface area contributed by atoms with Gasteiger partial charge < -0.3 is 15.5 Å². The number of hydrogen-bond donors (Lipinski definition) is 2. The van der Waals surface area contributed by atoms with Crippen LogP contribution in [-0.4, -0.2) is 55.1 Å². The molecule has 1 aromatic carbocycles. The molecule has 2 aromatic rings. The van der Waals surface area contributed by atoms with Crippen molar-refractivity contribution in [3.63, 3.8) is 0 Å². The second-order valence-electron chi connectivity index (χ2n) is 5.58. The number of carbonyl (C=O) groups is 1. The maximum Gasteiger partial charge on any atom is 0.270 e. The summed E-state index contributed by atoms with van der Waals surface area (Å²) in [5.41, 5.74) is 0.514. The zero-order chi connectivity index (χ0) is 15.2. The van der Waals surface area contributed by atoms with Crippen LogP contribution in [0.4, 0.5) is 0 Å². The number of nitrogens with zero attached hydrogens (tertiary/aromatic N) is 2. The second kappa shape index (κ2) is 10.5. The summed E-state index contributed by atoms with van der Waals surface area (Å²) >= 11 is 0. The monoisotopic (exact) mass is 370 g/mol. The molecule has 1 fully saturated rings. The Hall–Kier alpha value is -1.40. The quantitative estimate of drug-likeness (QED) is 0.791. The van der Waals surface area contributed by atoms with Gasteiger partial charge >= 0.3 is 0 Å². The van der Waals surface area contributed by atoms with E-state index in [0.717, 1.165) is 49.9 Å². The minimum absolute atomic E-state index is 0. The molecule has 1 aliphatic heterocycles. The highest BCUT2D eigenvalue weighted by atomic mass is 35.5. The van der Waals surface area contributed by atoms with E-state index in [1.807, 2.05) is 30.3 Å². The molecule has 0 aliphatic carbocycles. The SMILES string of the molecule is Cl.Cl.O=C(NCCCN1CCNCC1)c1nccc2ccccc12. The summed E-state index contributed by atoms with van der Waals surface area (Å²) in [5.74, 6) is -0.0860. The molecular formula is C17H24Cl2N4O. The van der Waals surface area contributed by atoms with Gasteiger partial charge in [0.15, 0.2) is 0 Å². The number of piperazine rings is 1. The van der Waals surface area contributed by atoms with Crippen LogP contribution in [0.3, 0.4) is 0 Å². The molecule has 0 radical (unpaired) electrons. The topological polar surface area (TPSA) is 57.3 Å². The fourth-order valence-corrected chi connectivity index (χ4v) is 2.82. The predicted octanol–water partition coefficient (Wildman–Crippen LogP) is 2.10. The molecule has 2 heterocycles. The number of rotatable bonds is 5. The second-order valence-corrected chi connectivity index (χ2v) is 5.58. The van der Waals surface area contributed by atoms with Crippen LogP contribution in [-0.2, 0) is 0 Å². The number of carbonyl (C=O) groups excluding carboxylic acids is 1. The summed E-state index contributed by atoms with van der Waals surface area (Å²) in [6, 6.07) is 9.77. The van der Waals surface area contributed by atoms with Crippen LogP contribution < -0.4 is 10.6 Å². The van der Waals surface area contributed by atoms with E-state index < -0.39 is 0 Å². The number of halogens is 2. The number of benzene rings is 1. The zero-order valence-electron chi connectivity index (χ0n) is 13.5. The number of aromatic nitrogens is 1. The molecule has 2 N–H and O–H groups in total. The molecule has 1 aliphatic rings. The maximum absolute atomic E-state index is 12.3. The first kappa shape index (κ1) is 20.6. The predicted molar refractivity (Wildman–Crippen MR) is 102 cm³/mol. The van der Waals surface area contributed by atoms with E-state index in [4.69, 9.17) is 0 Å². The van der Waals surface area contributed by atoms with Gasteiger partial charge in [0.1, 0.15) is 5.69 Å². The molecule has 24 heavy (non-hydrogen) atoms. The van der Waals surface area contributed by atoms with Gasteiger partial charge in [-0.3, -0.25) is 9.78 Å². The van der Waals surface area contributed by atoms with Crippen molar-refractivity contribution < 1.29 is 4.79 Å². The summed E-state index contributed by atoms with van der Waals surface area (Å²) < 4.78 is 0. The van der Waals surface area contributed by atoms with Crippen LogP contribution >= 0.6 is 24.8 Å². The first-order chi connectivity index (χ1) is 10.8. The lowest BCUT2D eigenvalue weighted by Crippen LogP contribution is -2.44. The lowest BCUT2D eigenvalue weighted by molar-refractivity contribution is 0.0948. The molecule has 132 valence electrons. The Morgan fingerprint density at radius 2 is 1.92 bits per heavy atom. The van der Waals surface area contributed by atoms with Crippen molar-refractivity contribution in [2.75, 3.05) is 39.3 Å². The van der Waals surface area contributed by atoms with E-state index in [-0.39, 0.29) is 30.7 Å². The van der Waals surface area contributed by atoms with Gasteiger partial charge in [0.25, 0.3) is 5.91 Å². The highest BCUT2D eigenvalue weighted by molar-refractivity contribution is 6.05. The summed E-state index contributed by atoms with van der Waals surface area (Å²) in [6.07, 6.45) is 2.66. The molecule has 0 bridgehead atoms. The molecule has 1 saturated heterocycles. The van der Waals surface area contributed by atoms with Gasteiger partial charge in [-0.1, -0.05) is 24.3 Å². The van der Waals surface area contributed by atoms with Crippen molar-refractivity contribution in [3.05, 3.63) is 42.2 Å². The van der Waals surface area contributed by atoms with Gasteiger partial charge in [-0.25, -0.2) is 0 Å². The van der Waals surface area contributed by atoms with Crippen molar-refractivity contribution >= 4 is 41.5 Å². The maximum atomic E-state index is 12.3. The van der Waals surface area contributed by atoms with Crippen LogP contribution in [0, 0.1) is 0 Å². The van der Waals surface area contributed by atoms with E-state index in [0.29, 0.717) is 12.2 Å². The Kier molecular flexibility index (Phi) is 9.00. The first-order valence-corrected chi connectivity index (χ1v) is 7.89. The molecule has 0 spiro atoms. The lowest BCUT2D eigenvalue weighted by atomic mass is 10.1. The Balaban J connectivity index is 0.00000144. The van der Waals surface area contributed by atoms with Crippen molar-refractivity contribution in [1.82, 2.24) is 20.5 Å². The average molecular weight is 371 g/mol. The van der Waals surface area contributed by atoms with Crippen LogP contribution in [0.2, 0.25) is 0 Å². The van der Waals surface area contributed by atoms with Gasteiger partial charge in [-0.15, -0.1) is 24.8 Å². The average Bonchev–Trinajstić information content (AvgIpc) is 2.59. The largest absolute Gasteiger partial charge is 0.351 e.